The fourth-order valence-electron chi connectivity index (χ4n) is 1.65. The molecule has 0 saturated carbocycles. The number of hydrogen-bond donors (Lipinski definition) is 1. The third-order valence-corrected chi connectivity index (χ3v) is 2.80. The first-order chi connectivity index (χ1) is 8.22. The van der Waals surface area contributed by atoms with Crippen LogP contribution in [0.3, 0.4) is 0 Å². The lowest BCUT2D eigenvalue weighted by molar-refractivity contribution is -0.174. The topological polar surface area (TPSA) is 21.3 Å². The second kappa shape index (κ2) is 8.75. The molecule has 0 radical (unpaired) electrons. The van der Waals surface area contributed by atoms with E-state index in [0.29, 0.717) is 24.2 Å². The summed E-state index contributed by atoms with van der Waals surface area (Å²) in [6.07, 6.45) is -3.55. The van der Waals surface area contributed by atoms with E-state index in [1.54, 1.807) is 0 Å². The fourth-order valence-corrected chi connectivity index (χ4v) is 1.65. The van der Waals surface area contributed by atoms with Gasteiger partial charge >= 0.3 is 6.18 Å². The van der Waals surface area contributed by atoms with Gasteiger partial charge in [0.05, 0.1) is 0 Å². The molecular weight excluding hydrogens is 243 g/mol. The third-order valence-electron chi connectivity index (χ3n) is 2.80. The van der Waals surface area contributed by atoms with E-state index in [2.05, 4.69) is 37.7 Å². The van der Waals surface area contributed by atoms with E-state index in [1.807, 2.05) is 0 Å². The van der Waals surface area contributed by atoms with E-state index in [4.69, 9.17) is 0 Å². The van der Waals surface area contributed by atoms with E-state index >= 15 is 0 Å². The van der Waals surface area contributed by atoms with E-state index in [1.165, 1.54) is 0 Å². The van der Waals surface area contributed by atoms with Gasteiger partial charge in [0, 0.05) is 6.61 Å². The molecule has 0 aliphatic rings. The molecule has 0 amide bonds. The summed E-state index contributed by atoms with van der Waals surface area (Å²) in [7, 11) is 0. The summed E-state index contributed by atoms with van der Waals surface area (Å²) in [4.78, 5) is 0. The van der Waals surface area contributed by atoms with Crippen molar-refractivity contribution in [3.63, 3.8) is 0 Å². The smallest absolute Gasteiger partial charge is 0.372 e. The average molecular weight is 269 g/mol. The van der Waals surface area contributed by atoms with Gasteiger partial charge in [-0.05, 0) is 37.3 Å². The fraction of sp³-hybridized carbons (Fsp3) is 1.00. The van der Waals surface area contributed by atoms with E-state index in [0.717, 1.165) is 13.1 Å². The van der Waals surface area contributed by atoms with Crippen LogP contribution in [0.4, 0.5) is 13.2 Å². The Morgan fingerprint density at radius 3 is 2.11 bits per heavy atom. The molecule has 0 aromatic carbocycles. The molecular formula is C13H26F3NO. The first-order valence-corrected chi connectivity index (χ1v) is 6.57. The van der Waals surface area contributed by atoms with Crippen molar-refractivity contribution in [2.24, 2.45) is 17.8 Å². The standard InChI is InChI=1S/C13H26F3NO/c1-10(2)7-17-8-12(11(3)4)5-6-18-9-13(14,15)16/h10-12,17H,5-9H2,1-4H3. The van der Waals surface area contributed by atoms with E-state index in [9.17, 15) is 13.2 Å². The minimum Gasteiger partial charge on any atom is -0.372 e. The molecule has 2 nitrogen and oxygen atoms in total. The zero-order valence-corrected chi connectivity index (χ0v) is 11.8. The molecule has 1 unspecified atom stereocenters. The highest BCUT2D eigenvalue weighted by molar-refractivity contribution is 4.67. The Labute approximate surface area is 108 Å². The summed E-state index contributed by atoms with van der Waals surface area (Å²) in [5.41, 5.74) is 0. The maximum absolute atomic E-state index is 11.9. The SMILES string of the molecule is CC(C)CNCC(CCOCC(F)(F)F)C(C)C. The van der Waals surface area contributed by atoms with Gasteiger partial charge in [-0.2, -0.15) is 13.2 Å². The first-order valence-electron chi connectivity index (χ1n) is 6.57. The Hall–Kier alpha value is -0.290. The van der Waals surface area contributed by atoms with Crippen molar-refractivity contribution in [3.05, 3.63) is 0 Å². The van der Waals surface area contributed by atoms with Gasteiger partial charge in [0.2, 0.25) is 0 Å². The Morgan fingerprint density at radius 2 is 1.67 bits per heavy atom. The molecule has 110 valence electrons. The highest BCUT2D eigenvalue weighted by atomic mass is 19.4. The van der Waals surface area contributed by atoms with Crippen LogP contribution < -0.4 is 5.32 Å². The maximum Gasteiger partial charge on any atom is 0.411 e. The van der Waals surface area contributed by atoms with Crippen LogP contribution in [0.1, 0.15) is 34.1 Å². The van der Waals surface area contributed by atoms with Crippen LogP contribution in [-0.4, -0.2) is 32.5 Å². The Balaban J connectivity index is 3.77. The summed E-state index contributed by atoms with van der Waals surface area (Å²) in [5.74, 6) is 1.38. The molecule has 0 rings (SSSR count). The van der Waals surface area contributed by atoms with Crippen LogP contribution in [0.25, 0.3) is 0 Å². The molecule has 0 fully saturated rings. The third kappa shape index (κ3) is 10.8. The second-order valence-electron chi connectivity index (χ2n) is 5.51. The predicted molar refractivity (Wildman–Crippen MR) is 67.5 cm³/mol. The van der Waals surface area contributed by atoms with Gasteiger partial charge in [-0.25, -0.2) is 0 Å². The predicted octanol–water partition coefficient (Wildman–Crippen LogP) is 3.47. The summed E-state index contributed by atoms with van der Waals surface area (Å²) in [6, 6.07) is 0. The Kier molecular flexibility index (Phi) is 8.61. The minimum atomic E-state index is -4.22. The Morgan fingerprint density at radius 1 is 1.06 bits per heavy atom. The normalized spacial score (nSPS) is 14.5. The molecule has 0 bridgehead atoms. The molecule has 1 N–H and O–H groups in total. The van der Waals surface area contributed by atoms with Crippen LogP contribution in [0.15, 0.2) is 0 Å². The molecule has 0 heterocycles. The highest BCUT2D eigenvalue weighted by Crippen LogP contribution is 2.17. The van der Waals surface area contributed by atoms with Crippen molar-refractivity contribution in [2.75, 3.05) is 26.3 Å². The van der Waals surface area contributed by atoms with Crippen LogP contribution in [0, 0.1) is 17.8 Å². The minimum absolute atomic E-state index is 0.172. The largest absolute Gasteiger partial charge is 0.411 e. The van der Waals surface area contributed by atoms with Crippen LogP contribution in [0.2, 0.25) is 0 Å². The summed E-state index contributed by atoms with van der Waals surface area (Å²) in [5, 5.41) is 3.35. The van der Waals surface area contributed by atoms with Crippen molar-refractivity contribution in [1.82, 2.24) is 5.32 Å². The monoisotopic (exact) mass is 269 g/mol. The molecule has 0 aromatic heterocycles. The van der Waals surface area contributed by atoms with Gasteiger partial charge in [0.25, 0.3) is 0 Å². The van der Waals surface area contributed by atoms with Crippen molar-refractivity contribution < 1.29 is 17.9 Å². The number of hydrogen-bond acceptors (Lipinski definition) is 2. The quantitative estimate of drug-likeness (QED) is 0.647. The molecule has 5 heteroatoms. The van der Waals surface area contributed by atoms with E-state index < -0.39 is 12.8 Å². The zero-order valence-electron chi connectivity index (χ0n) is 11.8. The molecule has 0 aromatic rings. The van der Waals surface area contributed by atoms with Crippen molar-refractivity contribution >= 4 is 0 Å². The highest BCUT2D eigenvalue weighted by Gasteiger charge is 2.27. The number of halogens is 3. The van der Waals surface area contributed by atoms with Gasteiger partial charge in [-0.15, -0.1) is 0 Å². The summed E-state index contributed by atoms with van der Waals surface area (Å²) in [6.45, 7) is 9.24. The number of alkyl halides is 3. The number of ether oxygens (including phenoxy) is 1. The van der Waals surface area contributed by atoms with E-state index in [-0.39, 0.29) is 6.61 Å². The lowest BCUT2D eigenvalue weighted by Crippen LogP contribution is -2.30. The molecule has 0 aliphatic carbocycles. The Bertz CT molecular complexity index is 205. The number of nitrogens with one attached hydrogen (secondary N) is 1. The molecule has 0 saturated heterocycles. The summed E-state index contributed by atoms with van der Waals surface area (Å²) < 4.78 is 40.3. The van der Waals surface area contributed by atoms with Gasteiger partial charge in [-0.3, -0.25) is 0 Å². The number of rotatable bonds is 9. The molecule has 0 aliphatic heterocycles. The zero-order chi connectivity index (χ0) is 14.2. The first kappa shape index (κ1) is 17.7. The van der Waals surface area contributed by atoms with Crippen molar-refractivity contribution in [3.8, 4) is 0 Å². The molecule has 1 atom stereocenters. The van der Waals surface area contributed by atoms with Crippen molar-refractivity contribution in [1.29, 1.82) is 0 Å². The summed E-state index contributed by atoms with van der Waals surface area (Å²) >= 11 is 0. The van der Waals surface area contributed by atoms with Gasteiger partial charge < -0.3 is 10.1 Å². The lowest BCUT2D eigenvalue weighted by atomic mass is 9.92. The van der Waals surface area contributed by atoms with Crippen LogP contribution in [0.5, 0.6) is 0 Å². The van der Waals surface area contributed by atoms with Crippen LogP contribution in [-0.2, 0) is 4.74 Å². The lowest BCUT2D eigenvalue weighted by Gasteiger charge is -2.22. The second-order valence-corrected chi connectivity index (χ2v) is 5.51. The van der Waals surface area contributed by atoms with Gasteiger partial charge in [-0.1, -0.05) is 27.7 Å². The van der Waals surface area contributed by atoms with Gasteiger partial charge in [0.1, 0.15) is 6.61 Å². The van der Waals surface area contributed by atoms with Crippen LogP contribution >= 0.6 is 0 Å². The molecule has 18 heavy (non-hydrogen) atoms. The van der Waals surface area contributed by atoms with Gasteiger partial charge in [0.15, 0.2) is 0 Å². The van der Waals surface area contributed by atoms with Crippen molar-refractivity contribution in [2.45, 2.75) is 40.3 Å². The molecule has 0 spiro atoms. The average Bonchev–Trinajstić information content (AvgIpc) is 2.19. The maximum atomic E-state index is 11.9.